The van der Waals surface area contributed by atoms with Crippen LogP contribution in [0.15, 0.2) is 67.1 Å². The normalized spacial score (nSPS) is 12.4. The summed E-state index contributed by atoms with van der Waals surface area (Å²) in [6.07, 6.45) is 5.12. The van der Waals surface area contributed by atoms with Crippen molar-refractivity contribution in [1.82, 2.24) is 23.9 Å². The molecule has 0 radical (unpaired) electrons. The molecule has 0 amide bonds. The molecule has 0 saturated heterocycles. The number of anilines is 2. The van der Waals surface area contributed by atoms with Gasteiger partial charge in [-0.15, -0.1) is 5.10 Å². The third-order valence-corrected chi connectivity index (χ3v) is 4.90. The summed E-state index contributed by atoms with van der Waals surface area (Å²) in [5.74, 6) is 0.438. The van der Waals surface area contributed by atoms with Gasteiger partial charge < -0.3 is 9.87 Å². The molecule has 1 unspecified atom stereocenters. The van der Waals surface area contributed by atoms with Crippen molar-refractivity contribution in [2.45, 2.75) is 6.54 Å². The number of pyridine rings is 1. The highest BCUT2D eigenvalue weighted by Gasteiger charge is 2.13. The molecule has 0 fully saturated rings. The molecule has 1 atom stereocenters. The maximum absolute atomic E-state index is 11.2. The van der Waals surface area contributed by atoms with E-state index in [9.17, 15) is 8.76 Å². The molecule has 3 aromatic heterocycles. The van der Waals surface area contributed by atoms with E-state index in [0.717, 1.165) is 28.0 Å². The molecule has 0 spiro atoms. The van der Waals surface area contributed by atoms with E-state index in [0.29, 0.717) is 5.95 Å². The average molecular weight is 393 g/mol. The van der Waals surface area contributed by atoms with Crippen LogP contribution in [0, 0.1) is 0 Å². The fourth-order valence-electron chi connectivity index (χ4n) is 2.93. The van der Waals surface area contributed by atoms with E-state index >= 15 is 0 Å². The first kappa shape index (κ1) is 18.2. The lowest BCUT2D eigenvalue weighted by Crippen LogP contribution is -2.20. The highest BCUT2D eigenvalue weighted by Crippen LogP contribution is 2.27. The quantitative estimate of drug-likeness (QED) is 0.506. The molecule has 0 aliphatic heterocycles. The van der Waals surface area contributed by atoms with Crippen molar-refractivity contribution in [3.63, 3.8) is 0 Å². The van der Waals surface area contributed by atoms with Gasteiger partial charge in [-0.2, -0.15) is 0 Å². The van der Waals surface area contributed by atoms with Crippen LogP contribution in [0.4, 0.5) is 11.6 Å². The van der Waals surface area contributed by atoms with E-state index in [1.54, 1.807) is 23.1 Å². The van der Waals surface area contributed by atoms with Gasteiger partial charge in [-0.25, -0.2) is 13.8 Å². The van der Waals surface area contributed by atoms with Crippen LogP contribution in [-0.2, 0) is 17.8 Å². The molecule has 3 heterocycles. The first-order chi connectivity index (χ1) is 13.6. The highest BCUT2D eigenvalue weighted by molar-refractivity contribution is 7.76. The van der Waals surface area contributed by atoms with Crippen LogP contribution in [0.25, 0.3) is 16.8 Å². The third-order valence-electron chi connectivity index (χ3n) is 4.26. The zero-order valence-electron chi connectivity index (χ0n) is 15.0. The predicted molar refractivity (Wildman–Crippen MR) is 106 cm³/mol. The topological polar surface area (TPSA) is 98.5 Å². The number of fused-ring (bicyclic) bond motifs is 1. The summed E-state index contributed by atoms with van der Waals surface area (Å²) < 4.78 is 25.5. The van der Waals surface area contributed by atoms with Gasteiger partial charge in [0.05, 0.1) is 29.3 Å². The smallest absolute Gasteiger partial charge is 0.245 e. The van der Waals surface area contributed by atoms with Crippen LogP contribution in [0.3, 0.4) is 0 Å². The van der Waals surface area contributed by atoms with Crippen molar-refractivity contribution in [2.75, 3.05) is 12.4 Å². The Kier molecular flexibility index (Phi) is 5.11. The Bertz CT molecular complexity index is 1130. The molecule has 4 aromatic rings. The van der Waals surface area contributed by atoms with E-state index in [-0.39, 0.29) is 6.54 Å². The van der Waals surface area contributed by atoms with Crippen molar-refractivity contribution < 1.29 is 8.76 Å². The van der Waals surface area contributed by atoms with Crippen molar-refractivity contribution in [1.29, 1.82) is 0 Å². The summed E-state index contributed by atoms with van der Waals surface area (Å²) in [4.78, 5) is 8.41. The van der Waals surface area contributed by atoms with E-state index in [4.69, 9.17) is 0 Å². The second kappa shape index (κ2) is 7.85. The summed E-state index contributed by atoms with van der Waals surface area (Å²) in [5, 5.41) is 7.72. The highest BCUT2D eigenvalue weighted by atomic mass is 32.2. The minimum Gasteiger partial charge on any atom is -0.760 e. The van der Waals surface area contributed by atoms with Crippen molar-refractivity contribution >= 4 is 28.4 Å². The minimum absolute atomic E-state index is 0.269. The van der Waals surface area contributed by atoms with E-state index in [2.05, 4.69) is 20.4 Å². The number of rotatable bonds is 6. The number of nitrogens with one attached hydrogen (secondary N) is 1. The molecule has 8 nitrogen and oxygen atoms in total. The number of benzene rings is 1. The van der Waals surface area contributed by atoms with Gasteiger partial charge in [-0.1, -0.05) is 24.3 Å². The predicted octanol–water partition coefficient (Wildman–Crippen LogP) is 2.76. The monoisotopic (exact) mass is 393 g/mol. The summed E-state index contributed by atoms with van der Waals surface area (Å²) >= 11 is -2.28. The van der Waals surface area contributed by atoms with Crippen LogP contribution in [0.2, 0.25) is 0 Å². The first-order valence-corrected chi connectivity index (χ1v) is 9.55. The van der Waals surface area contributed by atoms with Gasteiger partial charge in [-0.05, 0) is 36.9 Å². The van der Waals surface area contributed by atoms with Crippen LogP contribution in [0.5, 0.6) is 0 Å². The Morgan fingerprint density at radius 2 is 2.00 bits per heavy atom. The molecular formula is C19H17N6O2S-. The van der Waals surface area contributed by atoms with E-state index in [1.165, 1.54) is 11.4 Å². The van der Waals surface area contributed by atoms with Gasteiger partial charge in [0.2, 0.25) is 5.95 Å². The molecular weight excluding hydrogens is 376 g/mol. The van der Waals surface area contributed by atoms with Crippen molar-refractivity contribution in [3.05, 3.63) is 72.7 Å². The van der Waals surface area contributed by atoms with Crippen molar-refractivity contribution in [2.24, 2.45) is 0 Å². The van der Waals surface area contributed by atoms with E-state index < -0.39 is 11.3 Å². The number of nitrogens with zero attached hydrogens (tertiary/aromatic N) is 5. The Balaban J connectivity index is 1.73. The Hall–Kier alpha value is -3.14. The molecule has 9 heteroatoms. The van der Waals surface area contributed by atoms with Crippen LogP contribution < -0.4 is 5.32 Å². The van der Waals surface area contributed by atoms with E-state index in [1.807, 2.05) is 48.5 Å². The summed E-state index contributed by atoms with van der Waals surface area (Å²) in [7, 11) is 1.54. The lowest BCUT2D eigenvalue weighted by molar-refractivity contribution is 0.431. The molecule has 1 N–H and O–H groups in total. The van der Waals surface area contributed by atoms with Gasteiger partial charge in [0.25, 0.3) is 0 Å². The molecule has 0 saturated carbocycles. The Morgan fingerprint density at radius 1 is 1.14 bits per heavy atom. The number of hydrogen-bond acceptors (Lipinski definition) is 6. The van der Waals surface area contributed by atoms with Gasteiger partial charge in [0.15, 0.2) is 0 Å². The molecule has 28 heavy (non-hydrogen) atoms. The summed E-state index contributed by atoms with van der Waals surface area (Å²) in [5.41, 5.74) is 4.27. The first-order valence-electron chi connectivity index (χ1n) is 8.52. The molecule has 0 aliphatic carbocycles. The SMILES string of the molecule is CN(Cc1ccccc1-c1ccc2cnc(Nc3cccnc3)nn12)S(=O)[O-]. The second-order valence-electron chi connectivity index (χ2n) is 6.16. The lowest BCUT2D eigenvalue weighted by Gasteiger charge is -2.20. The molecule has 4 rings (SSSR count). The number of aromatic nitrogens is 4. The number of hydrogen-bond donors (Lipinski definition) is 1. The largest absolute Gasteiger partial charge is 0.760 e. The van der Waals surface area contributed by atoms with Gasteiger partial charge in [-0.3, -0.25) is 9.19 Å². The Labute approximate surface area is 164 Å². The van der Waals surface area contributed by atoms with Crippen LogP contribution >= 0.6 is 0 Å². The summed E-state index contributed by atoms with van der Waals surface area (Å²) in [6.45, 7) is 0.269. The third kappa shape index (κ3) is 3.77. The maximum Gasteiger partial charge on any atom is 0.245 e. The molecule has 0 bridgehead atoms. The minimum atomic E-state index is -2.28. The van der Waals surface area contributed by atoms with Crippen LogP contribution in [-0.4, -0.2) is 39.7 Å². The fraction of sp³-hybridized carbons (Fsp3) is 0.105. The zero-order chi connectivity index (χ0) is 19.5. The second-order valence-corrected chi connectivity index (χ2v) is 7.22. The van der Waals surface area contributed by atoms with Gasteiger partial charge >= 0.3 is 0 Å². The molecule has 1 aromatic carbocycles. The fourth-order valence-corrected chi connectivity index (χ4v) is 3.17. The van der Waals surface area contributed by atoms with Crippen LogP contribution in [0.1, 0.15) is 5.56 Å². The van der Waals surface area contributed by atoms with Crippen molar-refractivity contribution in [3.8, 4) is 11.3 Å². The van der Waals surface area contributed by atoms with Gasteiger partial charge in [0.1, 0.15) is 0 Å². The van der Waals surface area contributed by atoms with Gasteiger partial charge in [0, 0.05) is 29.6 Å². The zero-order valence-corrected chi connectivity index (χ0v) is 15.8. The molecule has 0 aliphatic rings. The Morgan fingerprint density at radius 3 is 2.79 bits per heavy atom. The standard InChI is InChI=1S/C19H18N6O2S/c1-24(28(26)27)13-14-5-2-3-7-17(14)18-9-8-16-12-21-19(23-25(16)18)22-15-6-4-10-20-11-15/h2-12H,13H2,1H3,(H,22,23)(H,26,27)/p-1. The summed E-state index contributed by atoms with van der Waals surface area (Å²) in [6, 6.07) is 15.3. The molecule has 142 valence electrons. The maximum atomic E-state index is 11.2. The lowest BCUT2D eigenvalue weighted by atomic mass is 10.0. The average Bonchev–Trinajstić information content (AvgIpc) is 3.12.